The van der Waals surface area contributed by atoms with Gasteiger partial charge in [-0.25, -0.2) is 0 Å². The molecule has 0 spiro atoms. The Morgan fingerprint density at radius 3 is 2.59 bits per heavy atom. The molecular formula is C15H22ClN3O3. The molecule has 7 heteroatoms. The number of rotatable bonds is 6. The number of nitrogens with one attached hydrogen (secondary N) is 1. The molecule has 0 unspecified atom stereocenters. The molecule has 1 aliphatic heterocycles. The van der Waals surface area contributed by atoms with Gasteiger partial charge in [0.05, 0.1) is 6.54 Å². The predicted octanol–water partition coefficient (Wildman–Crippen LogP) is 1.61. The van der Waals surface area contributed by atoms with Gasteiger partial charge in [0, 0.05) is 32.7 Å². The Bertz CT molecular complexity index is 510. The first kappa shape index (κ1) is 16.8. The van der Waals surface area contributed by atoms with Crippen LogP contribution in [-0.2, 0) is 4.79 Å². The molecule has 0 saturated carbocycles. The van der Waals surface area contributed by atoms with Crippen molar-refractivity contribution in [2.75, 3.05) is 39.3 Å². The third kappa shape index (κ3) is 4.74. The van der Waals surface area contributed by atoms with E-state index in [2.05, 4.69) is 17.1 Å². The van der Waals surface area contributed by atoms with Gasteiger partial charge in [0.2, 0.25) is 5.91 Å². The van der Waals surface area contributed by atoms with Gasteiger partial charge in [-0.3, -0.25) is 14.5 Å². The number of unbranched alkanes of at least 4 members (excludes halogenated alkanes) is 1. The van der Waals surface area contributed by atoms with E-state index in [0.29, 0.717) is 32.7 Å². The summed E-state index contributed by atoms with van der Waals surface area (Å²) in [7, 11) is 0. The van der Waals surface area contributed by atoms with Crippen LogP contribution in [0.4, 0.5) is 0 Å². The van der Waals surface area contributed by atoms with Crippen LogP contribution < -0.4 is 5.32 Å². The highest BCUT2D eigenvalue weighted by atomic mass is 35.5. The van der Waals surface area contributed by atoms with Crippen LogP contribution in [0.2, 0.25) is 5.22 Å². The predicted molar refractivity (Wildman–Crippen MR) is 84.0 cm³/mol. The van der Waals surface area contributed by atoms with E-state index in [4.69, 9.17) is 16.0 Å². The summed E-state index contributed by atoms with van der Waals surface area (Å²) in [5.74, 6) is 0.153. The maximum absolute atomic E-state index is 12.2. The molecule has 0 atom stereocenters. The van der Waals surface area contributed by atoms with Crippen molar-refractivity contribution < 1.29 is 14.0 Å². The maximum Gasteiger partial charge on any atom is 0.289 e. The average molecular weight is 328 g/mol. The molecule has 2 amide bonds. The van der Waals surface area contributed by atoms with Crippen molar-refractivity contribution in [1.29, 1.82) is 0 Å². The first-order chi connectivity index (χ1) is 10.6. The van der Waals surface area contributed by atoms with Crippen LogP contribution in [0.5, 0.6) is 0 Å². The van der Waals surface area contributed by atoms with E-state index < -0.39 is 0 Å². The summed E-state index contributed by atoms with van der Waals surface area (Å²) in [5.41, 5.74) is 0. The van der Waals surface area contributed by atoms with Crippen LogP contribution in [-0.4, -0.2) is 60.9 Å². The lowest BCUT2D eigenvalue weighted by molar-refractivity contribution is -0.122. The highest BCUT2D eigenvalue weighted by Gasteiger charge is 2.24. The van der Waals surface area contributed by atoms with E-state index in [9.17, 15) is 9.59 Å². The highest BCUT2D eigenvalue weighted by molar-refractivity contribution is 6.29. The topological polar surface area (TPSA) is 65.8 Å². The Kier molecular flexibility index (Phi) is 6.27. The number of carbonyl (C=O) groups excluding carboxylic acids is 2. The molecule has 2 rings (SSSR count). The van der Waals surface area contributed by atoms with Crippen LogP contribution >= 0.6 is 11.6 Å². The fourth-order valence-corrected chi connectivity index (χ4v) is 2.50. The van der Waals surface area contributed by atoms with Gasteiger partial charge in [0.25, 0.3) is 5.91 Å². The third-order valence-corrected chi connectivity index (χ3v) is 3.87. The number of amides is 2. The molecule has 0 bridgehead atoms. The second-order valence-corrected chi connectivity index (χ2v) is 5.75. The van der Waals surface area contributed by atoms with E-state index in [1.807, 2.05) is 0 Å². The summed E-state index contributed by atoms with van der Waals surface area (Å²) in [6.45, 7) is 5.74. The number of piperazine rings is 1. The minimum absolute atomic E-state index is 0.0473. The summed E-state index contributed by atoms with van der Waals surface area (Å²) >= 11 is 5.69. The molecule has 0 aromatic carbocycles. The number of hydrogen-bond donors (Lipinski definition) is 1. The smallest absolute Gasteiger partial charge is 0.289 e. The van der Waals surface area contributed by atoms with Gasteiger partial charge in [-0.15, -0.1) is 0 Å². The van der Waals surface area contributed by atoms with Crippen LogP contribution in [0.15, 0.2) is 16.5 Å². The van der Waals surface area contributed by atoms with Gasteiger partial charge in [-0.2, -0.15) is 0 Å². The zero-order valence-corrected chi connectivity index (χ0v) is 13.6. The molecular weight excluding hydrogens is 306 g/mol. The lowest BCUT2D eigenvalue weighted by Gasteiger charge is -2.33. The SMILES string of the molecule is CCCCNC(=O)CN1CCN(C(=O)c2ccc(Cl)o2)CC1. The number of furan rings is 1. The minimum Gasteiger partial charge on any atom is -0.440 e. The fourth-order valence-electron chi connectivity index (χ4n) is 2.36. The molecule has 0 radical (unpaired) electrons. The van der Waals surface area contributed by atoms with Crippen molar-refractivity contribution >= 4 is 23.4 Å². The average Bonchev–Trinajstić information content (AvgIpc) is 2.94. The Balaban J connectivity index is 1.73. The van der Waals surface area contributed by atoms with Crippen LogP contribution in [0.25, 0.3) is 0 Å². The van der Waals surface area contributed by atoms with Crippen molar-refractivity contribution in [2.45, 2.75) is 19.8 Å². The molecule has 1 fully saturated rings. The number of halogens is 1. The molecule has 1 aromatic rings. The third-order valence-electron chi connectivity index (χ3n) is 3.66. The van der Waals surface area contributed by atoms with E-state index in [0.717, 1.165) is 19.4 Å². The summed E-state index contributed by atoms with van der Waals surface area (Å²) < 4.78 is 5.14. The monoisotopic (exact) mass is 327 g/mol. The van der Waals surface area contributed by atoms with E-state index in [-0.39, 0.29) is 22.8 Å². The Labute approximate surface area is 135 Å². The van der Waals surface area contributed by atoms with Gasteiger partial charge in [-0.1, -0.05) is 13.3 Å². The molecule has 1 saturated heterocycles. The van der Waals surface area contributed by atoms with Gasteiger partial charge in [-0.05, 0) is 30.2 Å². The quantitative estimate of drug-likeness (QED) is 0.806. The fraction of sp³-hybridized carbons (Fsp3) is 0.600. The van der Waals surface area contributed by atoms with Crippen LogP contribution in [0.1, 0.15) is 30.3 Å². The zero-order chi connectivity index (χ0) is 15.9. The number of carbonyl (C=O) groups is 2. The summed E-state index contributed by atoms with van der Waals surface area (Å²) in [6.07, 6.45) is 2.07. The zero-order valence-electron chi connectivity index (χ0n) is 12.8. The molecule has 2 heterocycles. The molecule has 1 N–H and O–H groups in total. The van der Waals surface area contributed by atoms with Crippen molar-refractivity contribution in [3.63, 3.8) is 0 Å². The van der Waals surface area contributed by atoms with E-state index >= 15 is 0 Å². The lowest BCUT2D eigenvalue weighted by atomic mass is 10.2. The van der Waals surface area contributed by atoms with Crippen molar-refractivity contribution in [3.05, 3.63) is 23.1 Å². The summed E-state index contributed by atoms with van der Waals surface area (Å²) in [6, 6.07) is 3.14. The first-order valence-electron chi connectivity index (χ1n) is 7.64. The normalized spacial score (nSPS) is 15.8. The van der Waals surface area contributed by atoms with Crippen LogP contribution in [0.3, 0.4) is 0 Å². The van der Waals surface area contributed by atoms with Gasteiger partial charge in [0.1, 0.15) is 0 Å². The Morgan fingerprint density at radius 1 is 1.27 bits per heavy atom. The molecule has 1 aromatic heterocycles. The molecule has 22 heavy (non-hydrogen) atoms. The second-order valence-electron chi connectivity index (χ2n) is 5.38. The number of hydrogen-bond acceptors (Lipinski definition) is 4. The van der Waals surface area contributed by atoms with E-state index in [1.54, 1.807) is 17.0 Å². The first-order valence-corrected chi connectivity index (χ1v) is 8.01. The molecule has 6 nitrogen and oxygen atoms in total. The maximum atomic E-state index is 12.2. The number of nitrogens with zero attached hydrogens (tertiary/aromatic N) is 2. The van der Waals surface area contributed by atoms with Gasteiger partial charge < -0.3 is 14.6 Å². The Morgan fingerprint density at radius 2 is 2.00 bits per heavy atom. The van der Waals surface area contributed by atoms with Crippen LogP contribution in [0, 0.1) is 0 Å². The lowest BCUT2D eigenvalue weighted by Crippen LogP contribution is -2.51. The summed E-state index contributed by atoms with van der Waals surface area (Å²) in [5, 5.41) is 3.12. The van der Waals surface area contributed by atoms with Gasteiger partial charge >= 0.3 is 0 Å². The minimum atomic E-state index is -0.154. The highest BCUT2D eigenvalue weighted by Crippen LogP contribution is 2.16. The summed E-state index contributed by atoms with van der Waals surface area (Å²) in [4.78, 5) is 27.7. The second kappa shape index (κ2) is 8.19. The standard InChI is InChI=1S/C15H22ClN3O3/c1-2-3-6-17-14(20)11-18-7-9-19(10-8-18)15(21)12-4-5-13(16)22-12/h4-5H,2-3,6-11H2,1H3,(H,17,20). The molecule has 122 valence electrons. The van der Waals surface area contributed by atoms with Crippen molar-refractivity contribution in [3.8, 4) is 0 Å². The Hall–Kier alpha value is -1.53. The van der Waals surface area contributed by atoms with Crippen molar-refractivity contribution in [1.82, 2.24) is 15.1 Å². The largest absolute Gasteiger partial charge is 0.440 e. The van der Waals surface area contributed by atoms with E-state index in [1.165, 1.54) is 0 Å². The molecule has 1 aliphatic rings. The van der Waals surface area contributed by atoms with Crippen molar-refractivity contribution in [2.24, 2.45) is 0 Å². The molecule has 0 aliphatic carbocycles. The van der Waals surface area contributed by atoms with Gasteiger partial charge in [0.15, 0.2) is 11.0 Å².